The number of nitrogens with one attached hydrogen (secondary N) is 1. The number of methoxy groups -OCH3 is 1. The van der Waals surface area contributed by atoms with Gasteiger partial charge in [-0.3, -0.25) is 4.79 Å². The van der Waals surface area contributed by atoms with Crippen LogP contribution in [0.2, 0.25) is 5.02 Å². The first-order chi connectivity index (χ1) is 11.5. The second-order valence-electron chi connectivity index (χ2n) is 5.84. The maximum Gasteiger partial charge on any atom is 0.220 e. The molecule has 24 heavy (non-hydrogen) atoms. The lowest BCUT2D eigenvalue weighted by atomic mass is 10.0. The standard InChI is InChI=1S/C18H24ClN3O2/c1-13(18(24-3)15-6-8-16(19)9-7-15)21-17(23)5-4-11-22-12-10-20-14(22)2/h6-10,12-13,18H,4-5,11H2,1-3H3,(H,21,23)/t13-,18+/m1/s1. The van der Waals surface area contributed by atoms with Gasteiger partial charge >= 0.3 is 0 Å². The zero-order valence-corrected chi connectivity index (χ0v) is 15.1. The highest BCUT2D eigenvalue weighted by molar-refractivity contribution is 6.30. The van der Waals surface area contributed by atoms with Crippen LogP contribution in [-0.4, -0.2) is 28.6 Å². The third-order valence-electron chi connectivity index (χ3n) is 4.02. The first-order valence-corrected chi connectivity index (χ1v) is 8.44. The van der Waals surface area contributed by atoms with E-state index in [1.54, 1.807) is 13.3 Å². The number of halogens is 1. The second kappa shape index (κ2) is 8.85. The molecule has 1 aromatic carbocycles. The van der Waals surface area contributed by atoms with Crippen LogP contribution in [0.4, 0.5) is 0 Å². The summed E-state index contributed by atoms with van der Waals surface area (Å²) in [6, 6.07) is 7.36. The van der Waals surface area contributed by atoms with E-state index < -0.39 is 0 Å². The fraction of sp³-hybridized carbons (Fsp3) is 0.444. The molecule has 2 atom stereocenters. The zero-order valence-electron chi connectivity index (χ0n) is 14.3. The van der Waals surface area contributed by atoms with E-state index in [9.17, 15) is 4.79 Å². The summed E-state index contributed by atoms with van der Waals surface area (Å²) in [5, 5.41) is 3.70. The first-order valence-electron chi connectivity index (χ1n) is 8.06. The number of nitrogens with zero attached hydrogens (tertiary/aromatic N) is 2. The van der Waals surface area contributed by atoms with Gasteiger partial charge in [0.05, 0.1) is 6.04 Å². The average Bonchev–Trinajstić information content (AvgIpc) is 2.95. The molecule has 5 nitrogen and oxygen atoms in total. The molecule has 2 rings (SSSR count). The highest BCUT2D eigenvalue weighted by Crippen LogP contribution is 2.22. The Kier molecular flexibility index (Phi) is 6.82. The van der Waals surface area contributed by atoms with Gasteiger partial charge in [0.2, 0.25) is 5.91 Å². The molecule has 0 unspecified atom stereocenters. The number of aromatic nitrogens is 2. The van der Waals surface area contributed by atoms with Crippen molar-refractivity contribution in [3.63, 3.8) is 0 Å². The van der Waals surface area contributed by atoms with Gasteiger partial charge in [-0.15, -0.1) is 0 Å². The van der Waals surface area contributed by atoms with Crippen LogP contribution in [0.15, 0.2) is 36.7 Å². The van der Waals surface area contributed by atoms with Crippen LogP contribution in [0.3, 0.4) is 0 Å². The number of amides is 1. The maximum absolute atomic E-state index is 12.2. The molecule has 6 heteroatoms. The van der Waals surface area contributed by atoms with Gasteiger partial charge in [0.1, 0.15) is 11.9 Å². The summed E-state index contributed by atoms with van der Waals surface area (Å²) in [6.07, 6.45) is 4.74. The van der Waals surface area contributed by atoms with Gasteiger partial charge in [0.15, 0.2) is 0 Å². The number of hydrogen-bond acceptors (Lipinski definition) is 3. The predicted octanol–water partition coefficient (Wildman–Crippen LogP) is 3.52. The number of rotatable bonds is 8. The molecule has 0 fully saturated rings. The highest BCUT2D eigenvalue weighted by atomic mass is 35.5. The number of imidazole rings is 1. The van der Waals surface area contributed by atoms with Crippen LogP contribution < -0.4 is 5.32 Å². The zero-order chi connectivity index (χ0) is 17.5. The highest BCUT2D eigenvalue weighted by Gasteiger charge is 2.20. The Hall–Kier alpha value is -1.85. The van der Waals surface area contributed by atoms with Crippen LogP contribution in [0, 0.1) is 6.92 Å². The molecule has 0 saturated carbocycles. The van der Waals surface area contributed by atoms with E-state index in [-0.39, 0.29) is 18.1 Å². The normalized spacial score (nSPS) is 13.5. The Balaban J connectivity index is 1.83. The fourth-order valence-corrected chi connectivity index (χ4v) is 2.86. The summed E-state index contributed by atoms with van der Waals surface area (Å²) in [6.45, 7) is 4.69. The molecular formula is C18H24ClN3O2. The van der Waals surface area contributed by atoms with Gasteiger partial charge in [-0.25, -0.2) is 4.98 Å². The smallest absolute Gasteiger partial charge is 0.220 e. The van der Waals surface area contributed by atoms with Crippen molar-refractivity contribution in [3.8, 4) is 0 Å². The number of carbonyl (C=O) groups excluding carboxylic acids is 1. The van der Waals surface area contributed by atoms with Crippen LogP contribution in [0.5, 0.6) is 0 Å². The van der Waals surface area contributed by atoms with E-state index in [4.69, 9.17) is 16.3 Å². The Morgan fingerprint density at radius 3 is 2.67 bits per heavy atom. The van der Waals surface area contributed by atoms with Gasteiger partial charge < -0.3 is 14.6 Å². The van der Waals surface area contributed by atoms with Gasteiger partial charge in [-0.05, 0) is 38.0 Å². The molecule has 0 aliphatic carbocycles. The first kappa shape index (κ1) is 18.5. The SMILES string of the molecule is CO[C@H](c1ccc(Cl)cc1)[C@@H](C)NC(=O)CCCn1ccnc1C. The Morgan fingerprint density at radius 1 is 1.38 bits per heavy atom. The quantitative estimate of drug-likeness (QED) is 0.793. The number of hydrogen-bond donors (Lipinski definition) is 1. The van der Waals surface area contributed by atoms with E-state index >= 15 is 0 Å². The van der Waals surface area contributed by atoms with Crippen molar-refractivity contribution < 1.29 is 9.53 Å². The van der Waals surface area contributed by atoms with Crippen LogP contribution in [0.25, 0.3) is 0 Å². The number of ether oxygens (including phenoxy) is 1. The van der Waals surface area contributed by atoms with Crippen LogP contribution in [0.1, 0.15) is 37.3 Å². The molecule has 0 bridgehead atoms. The largest absolute Gasteiger partial charge is 0.375 e. The molecule has 0 spiro atoms. The Labute approximate surface area is 148 Å². The van der Waals surface area contributed by atoms with Gasteiger partial charge in [-0.1, -0.05) is 23.7 Å². The van der Waals surface area contributed by atoms with E-state index in [0.29, 0.717) is 11.4 Å². The van der Waals surface area contributed by atoms with Gasteiger partial charge in [0, 0.05) is 37.5 Å². The molecule has 1 aromatic heterocycles. The van der Waals surface area contributed by atoms with Crippen molar-refractivity contribution >= 4 is 17.5 Å². The summed E-state index contributed by atoms with van der Waals surface area (Å²) >= 11 is 5.92. The molecule has 2 aromatic rings. The van der Waals surface area contributed by atoms with Crippen molar-refractivity contribution in [2.24, 2.45) is 0 Å². The monoisotopic (exact) mass is 349 g/mol. The van der Waals surface area contributed by atoms with Gasteiger partial charge in [0.25, 0.3) is 0 Å². The average molecular weight is 350 g/mol. The van der Waals surface area contributed by atoms with E-state index in [0.717, 1.165) is 24.4 Å². The molecule has 1 heterocycles. The maximum atomic E-state index is 12.2. The summed E-state index contributed by atoms with van der Waals surface area (Å²) in [4.78, 5) is 16.3. The summed E-state index contributed by atoms with van der Waals surface area (Å²) in [7, 11) is 1.64. The lowest BCUT2D eigenvalue weighted by Crippen LogP contribution is -2.37. The van der Waals surface area contributed by atoms with Crippen molar-refractivity contribution in [2.75, 3.05) is 7.11 Å². The van der Waals surface area contributed by atoms with Crippen molar-refractivity contribution in [2.45, 2.75) is 45.4 Å². The minimum Gasteiger partial charge on any atom is -0.375 e. The molecule has 0 radical (unpaired) electrons. The molecule has 130 valence electrons. The van der Waals surface area contributed by atoms with Gasteiger partial charge in [-0.2, -0.15) is 0 Å². The minimum absolute atomic E-state index is 0.0243. The molecule has 1 amide bonds. The minimum atomic E-state index is -0.206. The second-order valence-corrected chi connectivity index (χ2v) is 6.27. The molecule has 0 aliphatic heterocycles. The number of benzene rings is 1. The van der Waals surface area contributed by atoms with Crippen molar-refractivity contribution in [1.82, 2.24) is 14.9 Å². The third-order valence-corrected chi connectivity index (χ3v) is 4.27. The Bertz CT molecular complexity index is 655. The summed E-state index contributed by atoms with van der Waals surface area (Å²) in [5.74, 6) is 0.988. The van der Waals surface area contributed by atoms with Crippen LogP contribution >= 0.6 is 11.6 Å². The van der Waals surface area contributed by atoms with Crippen molar-refractivity contribution in [3.05, 3.63) is 53.1 Å². The van der Waals surface area contributed by atoms with E-state index in [1.165, 1.54) is 0 Å². The summed E-state index contributed by atoms with van der Waals surface area (Å²) < 4.78 is 7.59. The van der Waals surface area contributed by atoms with E-state index in [1.807, 2.05) is 48.9 Å². The topological polar surface area (TPSA) is 56.1 Å². The van der Waals surface area contributed by atoms with Crippen LogP contribution in [-0.2, 0) is 16.1 Å². The summed E-state index contributed by atoms with van der Waals surface area (Å²) in [5.41, 5.74) is 0.990. The molecule has 1 N–H and O–H groups in total. The third kappa shape index (κ3) is 5.08. The molecular weight excluding hydrogens is 326 g/mol. The lowest BCUT2D eigenvalue weighted by Gasteiger charge is -2.24. The predicted molar refractivity (Wildman–Crippen MR) is 95.0 cm³/mol. The number of carbonyl (C=O) groups is 1. The fourth-order valence-electron chi connectivity index (χ4n) is 2.73. The molecule has 0 saturated heterocycles. The van der Waals surface area contributed by atoms with E-state index in [2.05, 4.69) is 10.3 Å². The van der Waals surface area contributed by atoms with Crippen molar-refractivity contribution in [1.29, 1.82) is 0 Å². The lowest BCUT2D eigenvalue weighted by molar-refractivity contribution is -0.122. The Morgan fingerprint density at radius 2 is 2.08 bits per heavy atom. The number of aryl methyl sites for hydroxylation is 2. The molecule has 0 aliphatic rings.